The summed E-state index contributed by atoms with van der Waals surface area (Å²) in [5.74, 6) is 0.0687. The first-order valence-corrected chi connectivity index (χ1v) is 7.73. The van der Waals surface area contributed by atoms with Crippen molar-refractivity contribution in [3.63, 3.8) is 0 Å². The fraction of sp³-hybridized carbons (Fsp3) is 0.417. The Balaban J connectivity index is 2.01. The molecule has 6 nitrogen and oxygen atoms in total. The minimum atomic E-state index is -3.15. The normalized spacial score (nSPS) is 12.1. The maximum atomic E-state index is 11.3. The number of hydrogen-bond acceptors (Lipinski definition) is 4. The molecule has 2 N–H and O–H groups in total. The molecule has 0 bridgehead atoms. The van der Waals surface area contributed by atoms with Crippen molar-refractivity contribution in [2.24, 2.45) is 0 Å². The zero-order valence-corrected chi connectivity index (χ0v) is 11.9. The van der Waals surface area contributed by atoms with Gasteiger partial charge in [-0.1, -0.05) is 6.07 Å². The van der Waals surface area contributed by atoms with Crippen LogP contribution in [0.3, 0.4) is 0 Å². The average Bonchev–Trinajstić information content (AvgIpc) is 2.71. The van der Waals surface area contributed by atoms with E-state index < -0.39 is 10.0 Å². The number of pyridine rings is 1. The first-order valence-electron chi connectivity index (χ1n) is 6.08. The van der Waals surface area contributed by atoms with Crippen molar-refractivity contribution in [3.8, 4) is 0 Å². The smallest absolute Gasteiger partial charge is 0.212 e. The highest BCUT2D eigenvalue weighted by Gasteiger charge is 2.09. The van der Waals surface area contributed by atoms with Gasteiger partial charge >= 0.3 is 0 Å². The van der Waals surface area contributed by atoms with Gasteiger partial charge in [0.25, 0.3) is 0 Å². The highest BCUT2D eigenvalue weighted by molar-refractivity contribution is 7.89. The lowest BCUT2D eigenvalue weighted by molar-refractivity contribution is 0.582. The summed E-state index contributed by atoms with van der Waals surface area (Å²) < 4.78 is 26.8. The molecule has 0 aliphatic rings. The Morgan fingerprint density at radius 1 is 1.37 bits per heavy atom. The summed E-state index contributed by atoms with van der Waals surface area (Å²) in [6.07, 6.45) is 1.96. The number of nitrogens with zero attached hydrogens (tertiary/aromatic N) is 2. The lowest BCUT2D eigenvalue weighted by Gasteiger charge is -2.06. The molecule has 0 amide bonds. The van der Waals surface area contributed by atoms with Crippen molar-refractivity contribution in [1.29, 1.82) is 0 Å². The second-order valence-corrected chi connectivity index (χ2v) is 6.32. The Bertz CT molecular complexity index is 663. The Hall–Kier alpha value is -1.44. The molecular weight excluding hydrogens is 264 g/mol. The minimum Gasteiger partial charge on any atom is -0.310 e. The highest BCUT2D eigenvalue weighted by atomic mass is 32.2. The number of aryl methyl sites for hydroxylation is 1. The molecular formula is C12H18N4O2S. The summed E-state index contributed by atoms with van der Waals surface area (Å²) >= 11 is 0. The molecule has 2 rings (SSSR count). The summed E-state index contributed by atoms with van der Waals surface area (Å²) in [5, 5.41) is 3.13. The Labute approximate surface area is 112 Å². The van der Waals surface area contributed by atoms with Gasteiger partial charge in [-0.15, -0.1) is 0 Å². The Morgan fingerprint density at radius 2 is 2.16 bits per heavy atom. The maximum Gasteiger partial charge on any atom is 0.212 e. The average molecular weight is 282 g/mol. The zero-order valence-electron chi connectivity index (χ0n) is 11.0. The van der Waals surface area contributed by atoms with E-state index in [-0.39, 0.29) is 5.75 Å². The fourth-order valence-corrected chi connectivity index (χ4v) is 2.51. The van der Waals surface area contributed by atoms with E-state index in [2.05, 4.69) is 15.0 Å². The molecule has 0 radical (unpaired) electrons. The van der Waals surface area contributed by atoms with Gasteiger partial charge in [-0.25, -0.2) is 18.1 Å². The molecule has 0 aromatic carbocycles. The number of fused-ring (bicyclic) bond motifs is 1. The van der Waals surface area contributed by atoms with E-state index in [1.165, 1.54) is 7.05 Å². The van der Waals surface area contributed by atoms with E-state index in [1.807, 2.05) is 35.7 Å². The lowest BCUT2D eigenvalue weighted by Crippen LogP contribution is -2.29. The molecule has 0 atom stereocenters. The van der Waals surface area contributed by atoms with Crippen LogP contribution in [0.1, 0.15) is 11.4 Å². The first-order chi connectivity index (χ1) is 9.03. The highest BCUT2D eigenvalue weighted by Crippen LogP contribution is 2.11. The molecule has 2 aromatic heterocycles. The Kier molecular flexibility index (Phi) is 4.18. The van der Waals surface area contributed by atoms with E-state index >= 15 is 0 Å². The fourth-order valence-electron chi connectivity index (χ4n) is 1.89. The third-order valence-electron chi connectivity index (χ3n) is 2.98. The third kappa shape index (κ3) is 3.31. The van der Waals surface area contributed by atoms with Crippen LogP contribution in [-0.4, -0.2) is 37.1 Å². The molecule has 19 heavy (non-hydrogen) atoms. The van der Waals surface area contributed by atoms with Gasteiger partial charge in [0.05, 0.1) is 17.1 Å². The van der Waals surface area contributed by atoms with Crippen LogP contribution in [0.2, 0.25) is 0 Å². The second kappa shape index (κ2) is 5.68. The molecule has 0 saturated heterocycles. The van der Waals surface area contributed by atoms with Gasteiger partial charge in [-0.3, -0.25) is 0 Å². The van der Waals surface area contributed by atoms with Crippen LogP contribution in [0.5, 0.6) is 0 Å². The monoisotopic (exact) mass is 282 g/mol. The molecule has 2 aromatic rings. The number of hydrogen-bond donors (Lipinski definition) is 2. The SMILES string of the molecule is CNS(=O)(=O)CCNCc1c(C)nc2ccccn12. The zero-order chi connectivity index (χ0) is 13.9. The van der Waals surface area contributed by atoms with Crippen LogP contribution in [-0.2, 0) is 16.6 Å². The lowest BCUT2D eigenvalue weighted by atomic mass is 10.3. The molecule has 0 fully saturated rings. The molecule has 104 valence electrons. The standard InChI is InChI=1S/C12H18N4O2S/c1-10-11(9-14-6-8-19(17,18)13-2)16-7-4-3-5-12(16)15-10/h3-5,7,13-14H,6,8-9H2,1-2H3. The summed E-state index contributed by atoms with van der Waals surface area (Å²) in [4.78, 5) is 4.45. The van der Waals surface area contributed by atoms with Crippen molar-refractivity contribution in [3.05, 3.63) is 35.8 Å². The summed E-state index contributed by atoms with van der Waals surface area (Å²) in [6.45, 7) is 2.95. The van der Waals surface area contributed by atoms with Crippen LogP contribution in [0, 0.1) is 6.92 Å². The van der Waals surface area contributed by atoms with Crippen molar-refractivity contribution < 1.29 is 8.42 Å². The summed E-state index contributed by atoms with van der Waals surface area (Å²) in [7, 11) is -1.73. The largest absolute Gasteiger partial charge is 0.310 e. The molecule has 2 heterocycles. The van der Waals surface area contributed by atoms with E-state index in [9.17, 15) is 8.42 Å². The van der Waals surface area contributed by atoms with Gasteiger partial charge in [0.1, 0.15) is 5.65 Å². The molecule has 0 spiro atoms. The van der Waals surface area contributed by atoms with Gasteiger partial charge in [-0.2, -0.15) is 0 Å². The van der Waals surface area contributed by atoms with E-state index in [0.29, 0.717) is 13.1 Å². The van der Waals surface area contributed by atoms with Crippen LogP contribution in [0.25, 0.3) is 5.65 Å². The summed E-state index contributed by atoms with van der Waals surface area (Å²) in [5.41, 5.74) is 2.91. The number of aromatic nitrogens is 2. The van der Waals surface area contributed by atoms with Gasteiger partial charge in [-0.05, 0) is 26.1 Å². The third-order valence-corrected chi connectivity index (χ3v) is 4.34. The van der Waals surface area contributed by atoms with Crippen molar-refractivity contribution in [1.82, 2.24) is 19.4 Å². The van der Waals surface area contributed by atoms with Gasteiger partial charge < -0.3 is 9.72 Å². The van der Waals surface area contributed by atoms with Crippen molar-refractivity contribution in [2.45, 2.75) is 13.5 Å². The van der Waals surface area contributed by atoms with E-state index in [1.54, 1.807) is 0 Å². The van der Waals surface area contributed by atoms with E-state index in [0.717, 1.165) is 17.0 Å². The topological polar surface area (TPSA) is 75.5 Å². The Morgan fingerprint density at radius 3 is 2.89 bits per heavy atom. The van der Waals surface area contributed by atoms with E-state index in [4.69, 9.17) is 0 Å². The van der Waals surface area contributed by atoms with Crippen molar-refractivity contribution in [2.75, 3.05) is 19.3 Å². The predicted molar refractivity (Wildman–Crippen MR) is 74.5 cm³/mol. The molecule has 0 aliphatic heterocycles. The van der Waals surface area contributed by atoms with Crippen LogP contribution >= 0.6 is 0 Å². The first kappa shape index (κ1) is 14.0. The van der Waals surface area contributed by atoms with Crippen LogP contribution in [0.15, 0.2) is 24.4 Å². The van der Waals surface area contributed by atoms with Crippen LogP contribution < -0.4 is 10.0 Å². The van der Waals surface area contributed by atoms with Gasteiger partial charge in [0.15, 0.2) is 0 Å². The number of rotatable bonds is 6. The van der Waals surface area contributed by atoms with Crippen LogP contribution in [0.4, 0.5) is 0 Å². The molecule has 0 unspecified atom stereocenters. The predicted octanol–water partition coefficient (Wildman–Crippen LogP) is 0.282. The second-order valence-electron chi connectivity index (χ2n) is 4.27. The number of sulfonamides is 1. The van der Waals surface area contributed by atoms with Gasteiger partial charge in [0, 0.05) is 19.3 Å². The quantitative estimate of drug-likeness (QED) is 0.746. The maximum absolute atomic E-state index is 11.3. The van der Waals surface area contributed by atoms with Gasteiger partial charge in [0.2, 0.25) is 10.0 Å². The molecule has 0 aliphatic carbocycles. The minimum absolute atomic E-state index is 0.0687. The summed E-state index contributed by atoms with van der Waals surface area (Å²) in [6, 6.07) is 5.84. The van der Waals surface area contributed by atoms with Crippen molar-refractivity contribution >= 4 is 15.7 Å². The molecule has 0 saturated carbocycles. The number of nitrogens with one attached hydrogen (secondary N) is 2. The molecule has 7 heteroatoms. The number of imidazole rings is 1.